The van der Waals surface area contributed by atoms with E-state index in [9.17, 15) is 37.8 Å². The van der Waals surface area contributed by atoms with Gasteiger partial charge in [-0.3, -0.25) is 19.8 Å². The van der Waals surface area contributed by atoms with Gasteiger partial charge in [0.2, 0.25) is 0 Å². The molecule has 2 fully saturated rings. The number of methoxy groups -OCH3 is 4. The van der Waals surface area contributed by atoms with Gasteiger partial charge in [-0.1, -0.05) is 30.3 Å². The number of nitrogens with zero attached hydrogens (tertiary/aromatic N) is 3. The highest BCUT2D eigenvalue weighted by Crippen LogP contribution is 2.39. The van der Waals surface area contributed by atoms with Gasteiger partial charge in [0, 0.05) is 12.7 Å². The van der Waals surface area contributed by atoms with Crippen LogP contribution in [0, 0.1) is 12.3 Å². The highest BCUT2D eigenvalue weighted by molar-refractivity contribution is 8.19. The number of alkyl halides is 3. The minimum absolute atomic E-state index is 0.0111. The SMILES string of the molecule is COc1ccc(C=C2SC(=O)N=C2N(C)c2ccc(O)cc2)cc1OC.COc1ccc(C=C2SC(=O)NC2=N)c(C)c1.COc1ccc(C=C2SC(=O)NC2=Nc2ccccc2C(F)(F)F)cc1O. The number of phenolic OH excluding ortho intramolecular Hbond substituents is 2. The molecule has 0 saturated carbocycles. The van der Waals surface area contributed by atoms with E-state index in [1.807, 2.05) is 67.4 Å². The predicted molar refractivity (Wildman–Crippen MR) is 271 cm³/mol. The molecule has 15 nitrogen and oxygen atoms in total. The molecule has 3 heterocycles. The highest BCUT2D eigenvalue weighted by Gasteiger charge is 2.34. The molecular weight excluding hydrogens is 970 g/mol. The number of halogens is 3. The lowest BCUT2D eigenvalue weighted by Crippen LogP contribution is -2.25. The first-order chi connectivity index (χ1) is 33.4. The number of amidine groups is 3. The third-order valence-corrected chi connectivity index (χ3v) is 12.3. The van der Waals surface area contributed by atoms with Crippen LogP contribution in [0.2, 0.25) is 0 Å². The van der Waals surface area contributed by atoms with Crippen LogP contribution in [0.1, 0.15) is 27.8 Å². The Balaban J connectivity index is 0.000000177. The van der Waals surface area contributed by atoms with Crippen LogP contribution in [0.25, 0.3) is 18.2 Å². The molecule has 21 heteroatoms. The van der Waals surface area contributed by atoms with Crippen LogP contribution in [0.15, 0.2) is 128 Å². The highest BCUT2D eigenvalue weighted by atomic mass is 32.2. The fourth-order valence-corrected chi connectivity index (χ4v) is 8.66. The molecule has 0 aromatic heterocycles. The zero-order valence-corrected chi connectivity index (χ0v) is 40.4. The van der Waals surface area contributed by atoms with Crippen molar-refractivity contribution in [2.24, 2.45) is 9.98 Å². The number of rotatable bonds is 9. The summed E-state index contributed by atoms with van der Waals surface area (Å²) < 4.78 is 60.1. The van der Waals surface area contributed by atoms with Crippen molar-refractivity contribution in [2.45, 2.75) is 13.1 Å². The average molecular weight is 1010 g/mol. The Kier molecular flexibility index (Phi) is 17.1. The molecule has 3 aliphatic rings. The lowest BCUT2D eigenvalue weighted by molar-refractivity contribution is -0.137. The molecule has 0 spiro atoms. The van der Waals surface area contributed by atoms with Crippen LogP contribution in [0.5, 0.6) is 34.5 Å². The summed E-state index contributed by atoms with van der Waals surface area (Å²) in [5.74, 6) is 3.14. The molecule has 362 valence electrons. The number of phenols is 2. The number of aromatic hydroxyl groups is 2. The second-order valence-corrected chi connectivity index (χ2v) is 17.6. The van der Waals surface area contributed by atoms with E-state index < -0.39 is 17.0 Å². The first-order valence-electron chi connectivity index (χ1n) is 20.4. The summed E-state index contributed by atoms with van der Waals surface area (Å²) in [6.07, 6.45) is 0.686. The van der Waals surface area contributed by atoms with E-state index in [0.717, 1.165) is 74.4 Å². The van der Waals surface area contributed by atoms with Crippen LogP contribution in [0.4, 0.5) is 38.9 Å². The van der Waals surface area contributed by atoms with Crippen molar-refractivity contribution in [3.63, 3.8) is 0 Å². The molecule has 0 aliphatic carbocycles. The summed E-state index contributed by atoms with van der Waals surface area (Å²) in [7, 11) is 8.02. The monoisotopic (exact) mass is 1010 g/mol. The third-order valence-electron chi connectivity index (χ3n) is 9.91. The molecular formula is C49H43F3N6O9S3. The summed E-state index contributed by atoms with van der Waals surface area (Å²) in [4.78, 5) is 46.4. The average Bonchev–Trinajstić information content (AvgIpc) is 3.99. The third kappa shape index (κ3) is 13.3. The van der Waals surface area contributed by atoms with E-state index in [4.69, 9.17) is 24.4 Å². The summed E-state index contributed by atoms with van der Waals surface area (Å²) in [6.45, 7) is 1.97. The zero-order valence-electron chi connectivity index (χ0n) is 38.0. The van der Waals surface area contributed by atoms with E-state index in [1.54, 1.807) is 51.7 Å². The number of carbonyl (C=O) groups is 3. The normalized spacial score (nSPS) is 16.6. The molecule has 3 amide bonds. The molecule has 2 saturated heterocycles. The van der Waals surface area contributed by atoms with Crippen LogP contribution >= 0.6 is 35.3 Å². The number of benzene rings is 5. The molecule has 0 unspecified atom stereocenters. The molecule has 5 N–H and O–H groups in total. The van der Waals surface area contributed by atoms with Crippen LogP contribution in [-0.4, -0.2) is 78.9 Å². The molecule has 8 rings (SSSR count). The van der Waals surface area contributed by atoms with E-state index in [-0.39, 0.29) is 45.1 Å². The maximum absolute atomic E-state index is 13.1. The Morgan fingerprint density at radius 2 is 1.33 bits per heavy atom. The van der Waals surface area contributed by atoms with Crippen molar-refractivity contribution in [3.8, 4) is 34.5 Å². The molecule has 0 atom stereocenters. The van der Waals surface area contributed by atoms with Crippen LogP contribution in [-0.2, 0) is 6.18 Å². The Morgan fingerprint density at radius 1 is 0.700 bits per heavy atom. The van der Waals surface area contributed by atoms with Crippen molar-refractivity contribution in [1.29, 1.82) is 5.41 Å². The van der Waals surface area contributed by atoms with E-state index in [2.05, 4.69) is 20.6 Å². The number of thioether (sulfide) groups is 3. The number of aliphatic imine (C=N–C) groups is 2. The zero-order chi connectivity index (χ0) is 50.7. The number of amides is 3. The second-order valence-electron chi connectivity index (χ2n) is 14.6. The smallest absolute Gasteiger partial charge is 0.418 e. The van der Waals surface area contributed by atoms with Gasteiger partial charge in [-0.2, -0.15) is 18.2 Å². The number of likely N-dealkylation sites (N-methyl/N-ethyl adjacent to an activating group) is 1. The Labute approximate surface area is 412 Å². The maximum Gasteiger partial charge on any atom is 0.418 e. The van der Waals surface area contributed by atoms with Crippen molar-refractivity contribution in [3.05, 3.63) is 146 Å². The minimum atomic E-state index is -4.57. The van der Waals surface area contributed by atoms with Gasteiger partial charge >= 0.3 is 11.4 Å². The standard InChI is InChI=1S/C19H18N2O4S.C18H13F3N2O3S.C12H12N2O2S/c1-21(13-5-7-14(22)8-6-13)18-17(26-19(23)20-18)11-12-4-9-15(24-2)16(10-12)25-3;1-26-14-7-6-10(8-13(14)24)9-15-16(23-17(25)27-15)22-12-5-3-2-4-11(12)18(19,20)21;1-7-5-9(16-2)4-3-8(7)6-10-11(13)14-12(15)17-10/h4-11,22H,1-3H3;2-9,24H,1H3,(H,22,23,25);3-6H,1-2H3,(H2,13,14,15). The van der Waals surface area contributed by atoms with Gasteiger partial charge in [0.05, 0.1) is 54.4 Å². The predicted octanol–water partition coefficient (Wildman–Crippen LogP) is 11.9. The Morgan fingerprint density at radius 3 is 1.94 bits per heavy atom. The number of hydrogen-bond donors (Lipinski definition) is 5. The number of anilines is 1. The van der Waals surface area contributed by atoms with Crippen molar-refractivity contribution in [2.75, 3.05) is 40.4 Å². The Bertz CT molecular complexity index is 2990. The minimum Gasteiger partial charge on any atom is -0.508 e. The number of para-hydroxylation sites is 1. The van der Waals surface area contributed by atoms with Crippen molar-refractivity contribution in [1.82, 2.24) is 10.6 Å². The number of aryl methyl sites for hydroxylation is 1. The second kappa shape index (κ2) is 23.1. The first-order valence-corrected chi connectivity index (χ1v) is 22.9. The quantitative estimate of drug-likeness (QED) is 0.0933. The van der Waals surface area contributed by atoms with Crippen LogP contribution in [0.3, 0.4) is 0 Å². The summed E-state index contributed by atoms with van der Waals surface area (Å²) >= 11 is 2.92. The van der Waals surface area contributed by atoms with Gasteiger partial charge in [0.15, 0.2) is 28.8 Å². The molecule has 5 aromatic rings. The first kappa shape index (κ1) is 51.8. The lowest BCUT2D eigenvalue weighted by atomic mass is 10.1. The number of hydrogen-bond acceptors (Lipinski definition) is 15. The fourth-order valence-electron chi connectivity index (χ4n) is 6.44. The number of carbonyl (C=O) groups excluding carboxylic acids is 3. The number of nitrogens with one attached hydrogen (secondary N) is 3. The topological polar surface area (TPSA) is 204 Å². The van der Waals surface area contributed by atoms with Gasteiger partial charge in [0.1, 0.15) is 23.2 Å². The summed E-state index contributed by atoms with van der Waals surface area (Å²) in [5, 5.41) is 30.8. The van der Waals surface area contributed by atoms with E-state index in [0.29, 0.717) is 32.7 Å². The summed E-state index contributed by atoms with van der Waals surface area (Å²) in [6, 6.07) is 27.4. The molecule has 3 aliphatic heterocycles. The van der Waals surface area contributed by atoms with Crippen molar-refractivity contribution >= 4 is 98.1 Å². The lowest BCUT2D eigenvalue weighted by Gasteiger charge is -2.19. The van der Waals surface area contributed by atoms with E-state index in [1.165, 1.54) is 43.5 Å². The maximum atomic E-state index is 13.1. The molecule has 70 heavy (non-hydrogen) atoms. The summed E-state index contributed by atoms with van der Waals surface area (Å²) in [5.41, 5.74) is 3.04. The number of ether oxygens (including phenoxy) is 4. The van der Waals surface area contributed by atoms with Crippen molar-refractivity contribution < 1.29 is 56.7 Å². The fraction of sp³-hybridized carbons (Fsp3) is 0.143. The van der Waals surface area contributed by atoms with Gasteiger partial charge in [0.25, 0.3) is 10.5 Å². The van der Waals surface area contributed by atoms with Gasteiger partial charge in [-0.25, -0.2) is 4.99 Å². The van der Waals surface area contributed by atoms with Gasteiger partial charge in [-0.05, 0) is 155 Å². The van der Waals surface area contributed by atoms with Gasteiger partial charge < -0.3 is 44.7 Å². The van der Waals surface area contributed by atoms with E-state index >= 15 is 0 Å². The molecule has 0 bridgehead atoms. The molecule has 0 radical (unpaired) electrons. The largest absolute Gasteiger partial charge is 0.508 e. The van der Waals surface area contributed by atoms with Crippen LogP contribution < -0.4 is 34.5 Å². The Hall–Kier alpha value is -7.62. The van der Waals surface area contributed by atoms with Gasteiger partial charge in [-0.15, -0.1) is 0 Å². The molecule has 5 aromatic carbocycles.